The fourth-order valence-electron chi connectivity index (χ4n) is 4.54. The number of hydrogen-bond donors (Lipinski definition) is 3. The van der Waals surface area contributed by atoms with E-state index in [1.165, 1.54) is 18.2 Å². The summed E-state index contributed by atoms with van der Waals surface area (Å²) in [5, 5.41) is 23.0. The van der Waals surface area contributed by atoms with Gasteiger partial charge in [0.15, 0.2) is 5.84 Å². The molecule has 1 saturated heterocycles. The summed E-state index contributed by atoms with van der Waals surface area (Å²) in [4.78, 5) is 20.7. The first-order valence-corrected chi connectivity index (χ1v) is 12.4. The third-order valence-electron chi connectivity index (χ3n) is 6.67. The maximum Gasteiger partial charge on any atom is 0.225 e. The molecule has 1 aliphatic rings. The molecule has 0 unspecified atom stereocenters. The number of aliphatic imine (C=N–C) groups is 1. The number of anilines is 1. The number of hydrogen-bond acceptors (Lipinski definition) is 6. The maximum absolute atomic E-state index is 13.5. The third-order valence-corrected chi connectivity index (χ3v) is 6.98. The number of nitrogens with zero attached hydrogens (tertiary/aromatic N) is 7. The highest BCUT2D eigenvalue weighted by atomic mass is 35.5. The average Bonchev–Trinajstić information content (AvgIpc) is 3.56. The van der Waals surface area contributed by atoms with E-state index in [1.807, 2.05) is 25.5 Å². The van der Waals surface area contributed by atoms with Crippen molar-refractivity contribution in [3.8, 4) is 11.1 Å². The van der Waals surface area contributed by atoms with Gasteiger partial charge in [-0.05, 0) is 25.1 Å². The Kier molecular flexibility index (Phi) is 6.96. The van der Waals surface area contributed by atoms with E-state index in [2.05, 4.69) is 34.8 Å². The number of aliphatic hydroxyl groups is 1. The second kappa shape index (κ2) is 10.3. The molecule has 38 heavy (non-hydrogen) atoms. The highest BCUT2D eigenvalue weighted by Crippen LogP contribution is 2.34. The van der Waals surface area contributed by atoms with Crippen LogP contribution in [0.3, 0.4) is 0 Å². The molecule has 0 amide bonds. The largest absolute Gasteiger partial charge is 0.381 e. The molecule has 3 N–H and O–H groups in total. The molecule has 0 aliphatic carbocycles. The predicted molar refractivity (Wildman–Crippen MR) is 144 cm³/mol. The van der Waals surface area contributed by atoms with Gasteiger partial charge in [0.05, 0.1) is 11.9 Å². The fraction of sp³-hybridized carbons (Fsp3) is 0.269. The van der Waals surface area contributed by atoms with Gasteiger partial charge in [-0.3, -0.25) is 10.1 Å². The molecule has 5 rings (SSSR count). The van der Waals surface area contributed by atoms with Gasteiger partial charge in [-0.15, -0.1) is 0 Å². The van der Waals surface area contributed by atoms with E-state index in [4.69, 9.17) is 17.0 Å². The van der Waals surface area contributed by atoms with Crippen LogP contribution in [0, 0.1) is 11.2 Å². The number of halogens is 2. The van der Waals surface area contributed by atoms with E-state index in [-0.39, 0.29) is 5.02 Å². The van der Waals surface area contributed by atoms with Crippen molar-refractivity contribution in [2.45, 2.75) is 12.5 Å². The number of piperazine rings is 1. The van der Waals surface area contributed by atoms with Gasteiger partial charge in [-0.25, -0.2) is 19.4 Å². The quantitative estimate of drug-likeness (QED) is 0.257. The Labute approximate surface area is 224 Å². The van der Waals surface area contributed by atoms with E-state index < -0.39 is 11.4 Å². The minimum Gasteiger partial charge on any atom is -0.381 e. The van der Waals surface area contributed by atoms with Gasteiger partial charge in [-0.1, -0.05) is 17.7 Å². The van der Waals surface area contributed by atoms with Crippen LogP contribution in [-0.2, 0) is 12.6 Å². The van der Waals surface area contributed by atoms with Gasteiger partial charge in [0.1, 0.15) is 17.8 Å². The molecule has 0 saturated carbocycles. The highest BCUT2D eigenvalue weighted by Gasteiger charge is 2.30. The summed E-state index contributed by atoms with van der Waals surface area (Å²) in [6.07, 6.45) is 9.83. The second-order valence-electron chi connectivity index (χ2n) is 9.23. The normalized spacial score (nSPS) is 16.0. The molecule has 10 nitrogen and oxygen atoms in total. The molecule has 12 heteroatoms. The van der Waals surface area contributed by atoms with Crippen LogP contribution in [0.2, 0.25) is 5.02 Å². The zero-order valence-corrected chi connectivity index (χ0v) is 21.7. The molecule has 1 fully saturated rings. The van der Waals surface area contributed by atoms with Gasteiger partial charge in [0.2, 0.25) is 5.95 Å². The summed E-state index contributed by atoms with van der Waals surface area (Å²) in [6.45, 7) is 4.18. The first-order chi connectivity index (χ1) is 18.3. The lowest BCUT2D eigenvalue weighted by Gasteiger charge is -2.36. The Hall–Kier alpha value is -4.09. The minimum atomic E-state index is -1.48. The second-order valence-corrected chi connectivity index (χ2v) is 9.64. The molecule has 0 radical (unpaired) electrons. The van der Waals surface area contributed by atoms with Crippen LogP contribution < -0.4 is 4.90 Å². The maximum atomic E-state index is 13.5. The minimum absolute atomic E-state index is 0.132. The molecule has 4 aromatic rings. The van der Waals surface area contributed by atoms with Gasteiger partial charge < -0.3 is 19.9 Å². The molecule has 1 aromatic carbocycles. The van der Waals surface area contributed by atoms with Crippen molar-refractivity contribution < 1.29 is 9.50 Å². The molecule has 1 atom stereocenters. The number of rotatable bonds is 6. The fourth-order valence-corrected chi connectivity index (χ4v) is 4.89. The van der Waals surface area contributed by atoms with Crippen LogP contribution in [0.1, 0.15) is 23.7 Å². The Morgan fingerprint density at radius 1 is 1.16 bits per heavy atom. The zero-order chi connectivity index (χ0) is 26.9. The molecule has 0 bridgehead atoms. The topological polar surface area (TPSA) is 122 Å². The van der Waals surface area contributed by atoms with Crippen LogP contribution in [0.25, 0.3) is 11.1 Å². The smallest absolute Gasteiger partial charge is 0.225 e. The summed E-state index contributed by atoms with van der Waals surface area (Å²) in [5.74, 6) is 0.760. The molecular formula is C26H27ClFN9O. The Morgan fingerprint density at radius 2 is 1.89 bits per heavy atom. The van der Waals surface area contributed by atoms with E-state index >= 15 is 0 Å². The predicted octanol–water partition coefficient (Wildman–Crippen LogP) is 3.43. The number of nitrogens with one attached hydrogen (secondary N) is 2. The van der Waals surface area contributed by atoms with Gasteiger partial charge in [0, 0.05) is 85.3 Å². The highest BCUT2D eigenvalue weighted by molar-refractivity contribution is 6.31. The molecule has 4 heterocycles. The SMILES string of the molecule is Cn1cc(-c2c[nH]c(/C(=N\C=N)N3CCN(c4ncc([C@](C)(O)c5ccc(F)cc5Cl)cn4)CC3)c2)cn1. The van der Waals surface area contributed by atoms with Crippen molar-refractivity contribution in [2.75, 3.05) is 31.1 Å². The van der Waals surface area contributed by atoms with E-state index in [0.717, 1.165) is 23.2 Å². The zero-order valence-electron chi connectivity index (χ0n) is 20.9. The summed E-state index contributed by atoms with van der Waals surface area (Å²) in [5.41, 5.74) is 2.16. The molecule has 1 aliphatic heterocycles. The molecule has 196 valence electrons. The molecule has 0 spiro atoms. The van der Waals surface area contributed by atoms with Crippen molar-refractivity contribution in [3.63, 3.8) is 0 Å². The number of H-pyrrole nitrogens is 1. The summed E-state index contributed by atoms with van der Waals surface area (Å²) >= 11 is 6.17. The standard InChI is InChI=1S/C26H27ClFN9O/c1-26(38,21-4-3-20(28)10-22(21)27)19-13-31-25(32-14-19)37-7-5-36(6-8-37)24(33-16-29)23-9-17(11-30-23)18-12-34-35(2)15-18/h3-4,9-16,29-30,38H,5-8H2,1-2H3/b29-16?,33-24+/t26-/m0/s1. The van der Waals surface area contributed by atoms with E-state index in [0.29, 0.717) is 49.1 Å². The summed E-state index contributed by atoms with van der Waals surface area (Å²) in [6, 6.07) is 5.89. The van der Waals surface area contributed by atoms with Crippen LogP contribution in [0.4, 0.5) is 10.3 Å². The first-order valence-electron chi connectivity index (χ1n) is 12.0. The monoisotopic (exact) mass is 535 g/mol. The first kappa shape index (κ1) is 25.6. The van der Waals surface area contributed by atoms with Crippen molar-refractivity contribution >= 4 is 29.7 Å². The average molecular weight is 536 g/mol. The number of aromatic amines is 1. The van der Waals surface area contributed by atoms with Crippen molar-refractivity contribution in [2.24, 2.45) is 12.0 Å². The lowest BCUT2D eigenvalue weighted by Crippen LogP contribution is -2.49. The van der Waals surface area contributed by atoms with Crippen LogP contribution in [-0.4, -0.2) is 73.1 Å². The lowest BCUT2D eigenvalue weighted by molar-refractivity contribution is 0.101. The van der Waals surface area contributed by atoms with E-state index in [1.54, 1.807) is 30.2 Å². The molecule has 3 aromatic heterocycles. The number of amidine groups is 1. The summed E-state index contributed by atoms with van der Waals surface area (Å²) < 4.78 is 15.2. The van der Waals surface area contributed by atoms with Crippen molar-refractivity contribution in [1.82, 2.24) is 29.6 Å². The number of benzene rings is 1. The third kappa shape index (κ3) is 5.02. The van der Waals surface area contributed by atoms with Crippen LogP contribution in [0.5, 0.6) is 0 Å². The number of aryl methyl sites for hydroxylation is 1. The van der Waals surface area contributed by atoms with Crippen LogP contribution in [0.15, 0.2) is 60.2 Å². The molecular weight excluding hydrogens is 509 g/mol. The Balaban J connectivity index is 1.27. The van der Waals surface area contributed by atoms with Crippen molar-refractivity contribution in [3.05, 3.63) is 82.9 Å². The Bertz CT molecular complexity index is 1470. The number of aromatic nitrogens is 5. The van der Waals surface area contributed by atoms with Crippen molar-refractivity contribution in [1.29, 1.82) is 5.41 Å². The Morgan fingerprint density at radius 3 is 2.53 bits per heavy atom. The van der Waals surface area contributed by atoms with E-state index in [9.17, 15) is 9.50 Å². The summed E-state index contributed by atoms with van der Waals surface area (Å²) in [7, 11) is 1.87. The van der Waals surface area contributed by atoms with Gasteiger partial charge in [-0.2, -0.15) is 5.10 Å². The van der Waals surface area contributed by atoms with Crippen LogP contribution >= 0.6 is 11.6 Å². The van der Waals surface area contributed by atoms with Gasteiger partial charge in [0.25, 0.3) is 0 Å². The lowest BCUT2D eigenvalue weighted by atomic mass is 9.90. The van der Waals surface area contributed by atoms with Gasteiger partial charge >= 0.3 is 0 Å².